The molecule has 0 bridgehead atoms. The van der Waals surface area contributed by atoms with Gasteiger partial charge in [-0.25, -0.2) is 14.8 Å². The number of thiazole rings is 2. The molecule has 0 atom stereocenters. The maximum atomic E-state index is 12.4. The van der Waals surface area contributed by atoms with Crippen LogP contribution in [0.25, 0.3) is 10.6 Å². The smallest absolute Gasteiger partial charge is 0.358 e. The van der Waals surface area contributed by atoms with E-state index in [-0.39, 0.29) is 24.6 Å². The Bertz CT molecular complexity index is 1220. The van der Waals surface area contributed by atoms with Gasteiger partial charge in [-0.15, -0.1) is 22.7 Å². The largest absolute Gasteiger partial charge is 0.454 e. The first-order valence-electron chi connectivity index (χ1n) is 10.6. The fourth-order valence-electron chi connectivity index (χ4n) is 3.09. The maximum absolute atomic E-state index is 12.4. The molecule has 0 unspecified atom stereocenters. The Balaban J connectivity index is 1.26. The van der Waals surface area contributed by atoms with E-state index in [1.807, 2.05) is 42.5 Å². The molecule has 0 saturated carbocycles. The van der Waals surface area contributed by atoms with Crippen LogP contribution >= 0.6 is 22.7 Å². The van der Waals surface area contributed by atoms with Gasteiger partial charge >= 0.3 is 5.97 Å². The van der Waals surface area contributed by atoms with Crippen LogP contribution in [0.4, 0.5) is 0 Å². The predicted octanol–water partition coefficient (Wildman–Crippen LogP) is 5.04. The summed E-state index contributed by atoms with van der Waals surface area (Å²) in [7, 11) is 0. The van der Waals surface area contributed by atoms with Crippen molar-refractivity contribution in [3.8, 4) is 10.6 Å². The van der Waals surface area contributed by atoms with E-state index in [9.17, 15) is 9.59 Å². The third-order valence-corrected chi connectivity index (χ3v) is 6.71. The molecule has 0 aliphatic heterocycles. The van der Waals surface area contributed by atoms with Gasteiger partial charge in [-0.2, -0.15) is 0 Å². The lowest BCUT2D eigenvalue weighted by Crippen LogP contribution is -2.24. The lowest BCUT2D eigenvalue weighted by atomic mass is 10.1. The minimum Gasteiger partial charge on any atom is -0.454 e. The summed E-state index contributed by atoms with van der Waals surface area (Å²) >= 11 is 2.78. The average molecular weight is 478 g/mol. The highest BCUT2D eigenvalue weighted by Gasteiger charge is 2.15. The molecule has 0 aliphatic rings. The Morgan fingerprint density at radius 2 is 1.73 bits per heavy atom. The highest BCUT2D eigenvalue weighted by atomic mass is 32.1. The molecule has 1 amide bonds. The average Bonchev–Trinajstić information content (AvgIpc) is 3.52. The zero-order valence-corrected chi connectivity index (χ0v) is 19.7. The van der Waals surface area contributed by atoms with Crippen molar-refractivity contribution in [2.75, 3.05) is 0 Å². The van der Waals surface area contributed by atoms with Gasteiger partial charge in [0.15, 0.2) is 5.69 Å². The van der Waals surface area contributed by atoms with Crippen molar-refractivity contribution in [2.45, 2.75) is 32.9 Å². The molecule has 0 fully saturated rings. The highest BCUT2D eigenvalue weighted by molar-refractivity contribution is 7.13. The molecular weight excluding hydrogens is 454 g/mol. The first-order valence-corrected chi connectivity index (χ1v) is 12.3. The van der Waals surface area contributed by atoms with Gasteiger partial charge in [-0.05, 0) is 17.5 Å². The van der Waals surface area contributed by atoms with Crippen molar-refractivity contribution in [1.82, 2.24) is 15.3 Å². The van der Waals surface area contributed by atoms with Gasteiger partial charge in [-0.1, -0.05) is 61.5 Å². The van der Waals surface area contributed by atoms with Crippen LogP contribution in [-0.4, -0.2) is 21.8 Å². The number of carbonyl (C=O) groups is 2. The van der Waals surface area contributed by atoms with Crippen LogP contribution in [0.3, 0.4) is 0 Å². The predicted molar refractivity (Wildman–Crippen MR) is 130 cm³/mol. The fraction of sp³-hybridized carbons (Fsp3) is 0.200. The van der Waals surface area contributed by atoms with Crippen molar-refractivity contribution in [3.63, 3.8) is 0 Å². The van der Waals surface area contributed by atoms with Gasteiger partial charge in [0, 0.05) is 22.9 Å². The Kier molecular flexibility index (Phi) is 7.59. The lowest BCUT2D eigenvalue weighted by Gasteiger charge is -2.03. The summed E-state index contributed by atoms with van der Waals surface area (Å²) in [6, 6.07) is 17.9. The number of aryl methyl sites for hydroxylation is 1. The van der Waals surface area contributed by atoms with E-state index < -0.39 is 5.97 Å². The molecule has 4 aromatic rings. The van der Waals surface area contributed by atoms with Gasteiger partial charge in [0.25, 0.3) is 0 Å². The Hall–Kier alpha value is -3.36. The molecule has 2 aromatic carbocycles. The van der Waals surface area contributed by atoms with Crippen LogP contribution in [0.15, 0.2) is 65.4 Å². The normalized spacial score (nSPS) is 10.7. The fourth-order valence-corrected chi connectivity index (χ4v) is 4.66. The third-order valence-electron chi connectivity index (χ3n) is 4.92. The van der Waals surface area contributed by atoms with Crippen molar-refractivity contribution in [2.24, 2.45) is 0 Å². The molecule has 0 spiro atoms. The van der Waals surface area contributed by atoms with Gasteiger partial charge < -0.3 is 10.1 Å². The van der Waals surface area contributed by atoms with E-state index in [2.05, 4.69) is 34.3 Å². The molecule has 0 aliphatic carbocycles. The van der Waals surface area contributed by atoms with Gasteiger partial charge in [0.1, 0.15) is 16.6 Å². The van der Waals surface area contributed by atoms with E-state index in [4.69, 9.17) is 4.74 Å². The number of hydrogen-bond donors (Lipinski definition) is 1. The van der Waals surface area contributed by atoms with E-state index >= 15 is 0 Å². The second kappa shape index (κ2) is 11.0. The third kappa shape index (κ3) is 6.34. The number of nitrogens with zero attached hydrogens (tertiary/aromatic N) is 2. The number of amides is 1. The van der Waals surface area contributed by atoms with Crippen LogP contribution in [0.5, 0.6) is 0 Å². The molecule has 1 N–H and O–H groups in total. The standard InChI is InChI=1S/C25H23N3O3S2/c1-2-17-8-10-19(11-9-17)24-28-21(16-33-24)25(30)31-14-20-15-32-23(27-20)12-22(29)26-13-18-6-4-3-5-7-18/h3-11,15-16H,2,12-14H2,1H3,(H,26,29). The van der Waals surface area contributed by atoms with Gasteiger partial charge in [-0.3, -0.25) is 4.79 Å². The molecule has 4 rings (SSSR count). The van der Waals surface area contributed by atoms with Crippen molar-refractivity contribution in [3.05, 3.63) is 92.9 Å². The summed E-state index contributed by atoms with van der Waals surface area (Å²) in [6.45, 7) is 2.63. The molecule has 168 valence electrons. The summed E-state index contributed by atoms with van der Waals surface area (Å²) in [4.78, 5) is 33.4. The van der Waals surface area contributed by atoms with Crippen molar-refractivity contribution < 1.29 is 14.3 Å². The minimum absolute atomic E-state index is 0.0407. The number of carbonyl (C=O) groups excluding carboxylic acids is 2. The number of hydrogen-bond acceptors (Lipinski definition) is 7. The maximum Gasteiger partial charge on any atom is 0.358 e. The van der Waals surface area contributed by atoms with Crippen LogP contribution in [-0.2, 0) is 35.5 Å². The van der Waals surface area contributed by atoms with Crippen LogP contribution in [0.1, 0.15) is 39.2 Å². The first-order chi connectivity index (χ1) is 16.1. The van der Waals surface area contributed by atoms with Crippen molar-refractivity contribution in [1.29, 1.82) is 0 Å². The van der Waals surface area contributed by atoms with E-state index in [1.165, 1.54) is 28.2 Å². The first kappa shape index (κ1) is 22.8. The summed E-state index contributed by atoms with van der Waals surface area (Å²) in [5.41, 5.74) is 4.17. The number of aromatic nitrogens is 2. The van der Waals surface area contributed by atoms with Gasteiger partial charge in [0.2, 0.25) is 5.91 Å². The summed E-state index contributed by atoms with van der Waals surface area (Å²) in [5, 5.41) is 7.85. The van der Waals surface area contributed by atoms with Crippen LogP contribution in [0, 0.1) is 0 Å². The summed E-state index contributed by atoms with van der Waals surface area (Å²) in [6.07, 6.45) is 1.17. The molecule has 0 radical (unpaired) electrons. The molecule has 2 aromatic heterocycles. The summed E-state index contributed by atoms with van der Waals surface area (Å²) < 4.78 is 5.37. The minimum atomic E-state index is -0.488. The molecule has 2 heterocycles. The molecule has 8 heteroatoms. The van der Waals surface area contributed by atoms with Gasteiger partial charge in [0.05, 0.1) is 12.1 Å². The number of ether oxygens (including phenoxy) is 1. The Morgan fingerprint density at radius 3 is 2.48 bits per heavy atom. The number of benzene rings is 2. The summed E-state index contributed by atoms with van der Waals surface area (Å²) in [5.74, 6) is -0.587. The van der Waals surface area contributed by atoms with E-state index in [0.717, 1.165) is 22.6 Å². The molecular formula is C25H23N3O3S2. The topological polar surface area (TPSA) is 81.2 Å². The van der Waals surface area contributed by atoms with Crippen LogP contribution < -0.4 is 5.32 Å². The Labute approximate surface area is 200 Å². The zero-order chi connectivity index (χ0) is 23.0. The second-order valence-electron chi connectivity index (χ2n) is 7.34. The highest BCUT2D eigenvalue weighted by Crippen LogP contribution is 2.24. The lowest BCUT2D eigenvalue weighted by molar-refractivity contribution is -0.120. The van der Waals surface area contributed by atoms with E-state index in [1.54, 1.807) is 10.8 Å². The zero-order valence-electron chi connectivity index (χ0n) is 18.1. The number of nitrogens with one attached hydrogen (secondary N) is 1. The second-order valence-corrected chi connectivity index (χ2v) is 9.14. The van der Waals surface area contributed by atoms with Crippen molar-refractivity contribution >= 4 is 34.6 Å². The molecule has 33 heavy (non-hydrogen) atoms. The van der Waals surface area contributed by atoms with E-state index in [0.29, 0.717) is 17.2 Å². The molecule has 6 nitrogen and oxygen atoms in total. The number of rotatable bonds is 9. The Morgan fingerprint density at radius 1 is 0.939 bits per heavy atom. The van der Waals surface area contributed by atoms with Crippen LogP contribution in [0.2, 0.25) is 0 Å². The monoisotopic (exact) mass is 477 g/mol. The quantitative estimate of drug-likeness (QED) is 0.341. The SMILES string of the molecule is CCc1ccc(-c2nc(C(=O)OCc3csc(CC(=O)NCc4ccccc4)n3)cs2)cc1. The number of esters is 1. The molecule has 0 saturated heterocycles.